The predicted octanol–water partition coefficient (Wildman–Crippen LogP) is 5.33. The van der Waals surface area contributed by atoms with Crippen molar-refractivity contribution in [1.29, 1.82) is 0 Å². The molecular formula is C21H33NO2S. The highest BCUT2D eigenvalue weighted by molar-refractivity contribution is 7.89. The number of benzene rings is 1. The maximum absolute atomic E-state index is 13.0. The Bertz CT molecular complexity index is 660. The van der Waals surface area contributed by atoms with Crippen LogP contribution in [0.5, 0.6) is 0 Å². The molecule has 0 aromatic heterocycles. The van der Waals surface area contributed by atoms with Crippen LogP contribution in [0.25, 0.3) is 0 Å². The normalized spacial score (nSPS) is 13.9. The van der Waals surface area contributed by atoms with Gasteiger partial charge in [0, 0.05) is 13.1 Å². The van der Waals surface area contributed by atoms with E-state index in [9.17, 15) is 8.42 Å². The first-order valence-electron chi connectivity index (χ1n) is 9.16. The van der Waals surface area contributed by atoms with Crippen LogP contribution in [0.1, 0.15) is 52.0 Å². The van der Waals surface area contributed by atoms with E-state index >= 15 is 0 Å². The molecule has 0 aliphatic heterocycles. The summed E-state index contributed by atoms with van der Waals surface area (Å²) in [6, 6.07) is 7.11. The molecule has 0 radical (unpaired) electrons. The maximum atomic E-state index is 13.0. The Morgan fingerprint density at radius 3 is 2.48 bits per heavy atom. The quantitative estimate of drug-likeness (QED) is 0.498. The zero-order valence-corrected chi connectivity index (χ0v) is 17.0. The van der Waals surface area contributed by atoms with Crippen molar-refractivity contribution in [1.82, 2.24) is 4.31 Å². The van der Waals surface area contributed by atoms with E-state index in [0.717, 1.165) is 36.8 Å². The summed E-state index contributed by atoms with van der Waals surface area (Å²) >= 11 is 0. The van der Waals surface area contributed by atoms with Gasteiger partial charge in [0.05, 0.1) is 4.90 Å². The van der Waals surface area contributed by atoms with Crippen molar-refractivity contribution < 1.29 is 8.42 Å². The van der Waals surface area contributed by atoms with Gasteiger partial charge in [-0.25, -0.2) is 8.42 Å². The van der Waals surface area contributed by atoms with E-state index in [0.29, 0.717) is 23.9 Å². The van der Waals surface area contributed by atoms with Gasteiger partial charge < -0.3 is 0 Å². The van der Waals surface area contributed by atoms with E-state index in [2.05, 4.69) is 26.5 Å². The number of sulfonamides is 1. The molecule has 1 rings (SSSR count). The SMILES string of the molecule is C=CC(C)CC/C=C(\C)CN(CCCC)S(=O)(=O)c1ccc(C)cc1. The van der Waals surface area contributed by atoms with Gasteiger partial charge in [0.2, 0.25) is 10.0 Å². The Morgan fingerprint density at radius 1 is 1.28 bits per heavy atom. The first kappa shape index (κ1) is 21.7. The maximum Gasteiger partial charge on any atom is 0.243 e. The number of unbranched alkanes of at least 4 members (excludes halogenated alkanes) is 1. The summed E-state index contributed by atoms with van der Waals surface area (Å²) in [7, 11) is -3.45. The topological polar surface area (TPSA) is 37.4 Å². The van der Waals surface area contributed by atoms with Crippen molar-refractivity contribution in [3.8, 4) is 0 Å². The Hall–Kier alpha value is -1.39. The van der Waals surface area contributed by atoms with Crippen LogP contribution in [-0.4, -0.2) is 25.8 Å². The van der Waals surface area contributed by atoms with Crippen LogP contribution in [0.2, 0.25) is 0 Å². The molecule has 1 aromatic carbocycles. The molecule has 0 spiro atoms. The Labute approximate surface area is 154 Å². The second-order valence-corrected chi connectivity index (χ2v) is 8.78. The van der Waals surface area contributed by atoms with Crippen LogP contribution in [0.3, 0.4) is 0 Å². The molecule has 0 saturated carbocycles. The molecule has 0 saturated heterocycles. The third kappa shape index (κ3) is 7.17. The van der Waals surface area contributed by atoms with E-state index in [1.807, 2.05) is 32.1 Å². The summed E-state index contributed by atoms with van der Waals surface area (Å²) in [6.07, 6.45) is 7.94. The van der Waals surface area contributed by atoms with Crippen LogP contribution in [0.15, 0.2) is 53.5 Å². The fourth-order valence-electron chi connectivity index (χ4n) is 2.53. The van der Waals surface area contributed by atoms with Gasteiger partial charge >= 0.3 is 0 Å². The second-order valence-electron chi connectivity index (χ2n) is 6.85. The summed E-state index contributed by atoms with van der Waals surface area (Å²) in [5.74, 6) is 0.483. The van der Waals surface area contributed by atoms with Gasteiger partial charge in [0.25, 0.3) is 0 Å². The lowest BCUT2D eigenvalue weighted by Crippen LogP contribution is -2.33. The zero-order chi connectivity index (χ0) is 18.9. The highest BCUT2D eigenvalue weighted by Crippen LogP contribution is 2.19. The highest BCUT2D eigenvalue weighted by atomic mass is 32.2. The Balaban J connectivity index is 2.90. The fourth-order valence-corrected chi connectivity index (χ4v) is 4.05. The van der Waals surface area contributed by atoms with Gasteiger partial charge in [-0.1, -0.05) is 55.7 Å². The van der Waals surface area contributed by atoms with Crippen molar-refractivity contribution in [2.75, 3.05) is 13.1 Å². The van der Waals surface area contributed by atoms with Crippen molar-refractivity contribution in [3.05, 3.63) is 54.1 Å². The largest absolute Gasteiger partial charge is 0.243 e. The van der Waals surface area contributed by atoms with E-state index in [1.165, 1.54) is 0 Å². The third-order valence-corrected chi connectivity index (χ3v) is 6.22. The first-order valence-corrected chi connectivity index (χ1v) is 10.6. The van der Waals surface area contributed by atoms with Crippen LogP contribution < -0.4 is 0 Å². The molecule has 3 nitrogen and oxygen atoms in total. The molecule has 0 aliphatic carbocycles. The Kier molecular flexibility index (Phi) is 9.15. The summed E-state index contributed by atoms with van der Waals surface area (Å²) in [4.78, 5) is 0.377. The molecule has 0 bridgehead atoms. The minimum Gasteiger partial charge on any atom is -0.207 e. The number of rotatable bonds is 11. The molecule has 1 unspecified atom stereocenters. The standard InChI is InChI=1S/C21H33NO2S/c1-6-8-16-22(17-20(5)11-9-10-18(3)7-2)25(23,24)21-14-12-19(4)13-15-21/h7,11-15,18H,2,6,8-10,16-17H2,1,3-5H3/b20-11+. The average molecular weight is 364 g/mol. The van der Waals surface area contributed by atoms with Gasteiger partial charge in [-0.15, -0.1) is 6.58 Å². The van der Waals surface area contributed by atoms with Gasteiger partial charge in [-0.2, -0.15) is 4.31 Å². The summed E-state index contributed by atoms with van der Waals surface area (Å²) in [5.41, 5.74) is 2.16. The second kappa shape index (κ2) is 10.6. The van der Waals surface area contributed by atoms with Crippen LogP contribution in [0, 0.1) is 12.8 Å². The molecule has 25 heavy (non-hydrogen) atoms. The van der Waals surface area contributed by atoms with Crippen molar-refractivity contribution in [2.45, 2.75) is 58.3 Å². The minimum atomic E-state index is -3.45. The molecule has 0 fully saturated rings. The van der Waals surface area contributed by atoms with Crippen molar-refractivity contribution in [2.24, 2.45) is 5.92 Å². The number of allylic oxidation sites excluding steroid dienone is 2. The molecule has 4 heteroatoms. The van der Waals surface area contributed by atoms with Crippen molar-refractivity contribution >= 4 is 10.0 Å². The number of nitrogens with zero attached hydrogens (tertiary/aromatic N) is 1. The van der Waals surface area contributed by atoms with E-state index in [4.69, 9.17) is 0 Å². The first-order chi connectivity index (χ1) is 11.8. The van der Waals surface area contributed by atoms with E-state index in [1.54, 1.807) is 16.4 Å². The molecule has 0 heterocycles. The zero-order valence-electron chi connectivity index (χ0n) is 16.2. The van der Waals surface area contributed by atoms with Crippen molar-refractivity contribution in [3.63, 3.8) is 0 Å². The lowest BCUT2D eigenvalue weighted by molar-refractivity contribution is 0.425. The Morgan fingerprint density at radius 2 is 1.92 bits per heavy atom. The summed E-state index contributed by atoms with van der Waals surface area (Å²) < 4.78 is 27.6. The summed E-state index contributed by atoms with van der Waals surface area (Å²) in [6.45, 7) is 13.0. The van der Waals surface area contributed by atoms with Crippen LogP contribution in [-0.2, 0) is 10.0 Å². The monoisotopic (exact) mass is 363 g/mol. The van der Waals surface area contributed by atoms with Gasteiger partial charge in [0.1, 0.15) is 0 Å². The molecule has 1 atom stereocenters. The van der Waals surface area contributed by atoms with Crippen LogP contribution in [0.4, 0.5) is 0 Å². The lowest BCUT2D eigenvalue weighted by atomic mass is 10.0. The van der Waals surface area contributed by atoms with Gasteiger partial charge in [0.15, 0.2) is 0 Å². The lowest BCUT2D eigenvalue weighted by Gasteiger charge is -2.22. The van der Waals surface area contributed by atoms with Gasteiger partial charge in [-0.05, 0) is 51.2 Å². The molecular weight excluding hydrogens is 330 g/mol. The molecule has 1 aromatic rings. The van der Waals surface area contributed by atoms with E-state index < -0.39 is 10.0 Å². The van der Waals surface area contributed by atoms with E-state index in [-0.39, 0.29) is 0 Å². The minimum absolute atomic E-state index is 0.377. The summed E-state index contributed by atoms with van der Waals surface area (Å²) in [5, 5.41) is 0. The number of hydrogen-bond donors (Lipinski definition) is 0. The molecule has 0 aliphatic rings. The van der Waals surface area contributed by atoms with Crippen LogP contribution >= 0.6 is 0 Å². The average Bonchev–Trinajstić information content (AvgIpc) is 2.58. The third-order valence-electron chi connectivity index (χ3n) is 4.36. The number of hydrogen-bond acceptors (Lipinski definition) is 2. The smallest absolute Gasteiger partial charge is 0.207 e. The molecule has 0 N–H and O–H groups in total. The number of aryl methyl sites for hydroxylation is 1. The predicted molar refractivity (Wildman–Crippen MR) is 107 cm³/mol. The van der Waals surface area contributed by atoms with Gasteiger partial charge in [-0.3, -0.25) is 0 Å². The highest BCUT2D eigenvalue weighted by Gasteiger charge is 2.23. The molecule has 140 valence electrons. The molecule has 0 amide bonds. The fraction of sp³-hybridized carbons (Fsp3) is 0.524.